The van der Waals surface area contributed by atoms with Crippen LogP contribution >= 0.6 is 0 Å². The van der Waals surface area contributed by atoms with E-state index in [0.29, 0.717) is 34.4 Å². The third kappa shape index (κ3) is 2.66. The van der Waals surface area contributed by atoms with Crippen LogP contribution in [0.1, 0.15) is 120 Å². The number of aliphatic hydroxyl groups excluding tert-OH is 1. The third-order valence-corrected chi connectivity index (χ3v) is 13.8. The van der Waals surface area contributed by atoms with E-state index in [-0.39, 0.29) is 33.7 Å². The molecule has 5 aliphatic carbocycles. The van der Waals surface area contributed by atoms with Gasteiger partial charge < -0.3 is 5.11 Å². The van der Waals surface area contributed by atoms with Crippen molar-refractivity contribution in [2.24, 2.45) is 56.2 Å². The summed E-state index contributed by atoms with van der Waals surface area (Å²) < 4.78 is 0. The van der Waals surface area contributed by atoms with Crippen molar-refractivity contribution < 1.29 is 9.90 Å². The van der Waals surface area contributed by atoms with Crippen LogP contribution in [-0.4, -0.2) is 17.0 Å². The van der Waals surface area contributed by atoms with Crippen LogP contribution in [0.4, 0.5) is 0 Å². The molecular formula is C30H50O2. The second-order valence-corrected chi connectivity index (χ2v) is 15.4. The fraction of sp³-hybridized carbons (Fsp3) is 0.967. The predicted octanol–water partition coefficient (Wildman–Crippen LogP) is 7.43. The highest BCUT2D eigenvalue weighted by molar-refractivity contribution is 5.82. The number of hydrogen-bond donors (Lipinski definition) is 1. The van der Waals surface area contributed by atoms with E-state index in [0.717, 1.165) is 25.7 Å². The highest BCUT2D eigenvalue weighted by Crippen LogP contribution is 2.78. The minimum absolute atomic E-state index is 0.0572. The number of Topliss-reactive ketones (excluding diaryl/α,β-unsaturated/α-hetero) is 1. The molecule has 0 amide bonds. The standard InChI is InChI=1S/C30H50O2/c1-19-20(31)9-10-21-27(19,5)12-11-22-28(6)16-15-26(4)14-13-25(2,3)17-23(26)29(28,7)18-24(32)30(21,22)8/h19,21-24,32H,9-18H2,1-8H3. The largest absolute Gasteiger partial charge is 0.393 e. The number of rotatable bonds is 0. The smallest absolute Gasteiger partial charge is 0.136 e. The van der Waals surface area contributed by atoms with Gasteiger partial charge in [0.25, 0.3) is 0 Å². The molecule has 0 aromatic heterocycles. The van der Waals surface area contributed by atoms with Gasteiger partial charge in [0.2, 0.25) is 0 Å². The summed E-state index contributed by atoms with van der Waals surface area (Å²) in [6, 6.07) is 0. The Morgan fingerprint density at radius 3 is 2.09 bits per heavy atom. The Morgan fingerprint density at radius 2 is 1.41 bits per heavy atom. The molecule has 2 heteroatoms. The Kier molecular flexibility index (Phi) is 4.85. The van der Waals surface area contributed by atoms with Crippen LogP contribution in [0.2, 0.25) is 0 Å². The van der Waals surface area contributed by atoms with Gasteiger partial charge in [0, 0.05) is 17.8 Å². The zero-order valence-corrected chi connectivity index (χ0v) is 22.3. The summed E-state index contributed by atoms with van der Waals surface area (Å²) in [6.45, 7) is 19.8. The SMILES string of the molecule is CC1C(=O)CCC2C1(C)CCC1C2(C)C(O)CC2(C)C3CC(C)(C)CCC3(C)CCC12C. The van der Waals surface area contributed by atoms with E-state index in [1.54, 1.807) is 0 Å². The highest BCUT2D eigenvalue weighted by Gasteiger charge is 2.73. The lowest BCUT2D eigenvalue weighted by atomic mass is 9.29. The van der Waals surface area contributed by atoms with E-state index in [1.165, 1.54) is 38.5 Å². The number of aliphatic hydroxyl groups is 1. The molecule has 32 heavy (non-hydrogen) atoms. The maximum Gasteiger partial charge on any atom is 0.136 e. The molecule has 5 rings (SSSR count). The van der Waals surface area contributed by atoms with Crippen LogP contribution in [0.25, 0.3) is 0 Å². The average molecular weight is 443 g/mol. The second-order valence-electron chi connectivity index (χ2n) is 15.4. The lowest BCUT2D eigenvalue weighted by Gasteiger charge is -2.75. The molecule has 0 aromatic carbocycles. The van der Waals surface area contributed by atoms with E-state index in [2.05, 4.69) is 55.4 Å². The summed E-state index contributed by atoms with van der Waals surface area (Å²) in [5.74, 6) is 2.34. The summed E-state index contributed by atoms with van der Waals surface area (Å²) in [5.41, 5.74) is 1.33. The van der Waals surface area contributed by atoms with Gasteiger partial charge in [0.15, 0.2) is 0 Å². The predicted molar refractivity (Wildman–Crippen MR) is 131 cm³/mol. The molecule has 0 saturated heterocycles. The summed E-state index contributed by atoms with van der Waals surface area (Å²) in [6.07, 6.45) is 11.5. The fourth-order valence-corrected chi connectivity index (χ4v) is 11.2. The third-order valence-electron chi connectivity index (χ3n) is 13.8. The second kappa shape index (κ2) is 6.64. The molecular weight excluding hydrogens is 392 g/mol. The molecule has 10 atom stereocenters. The lowest BCUT2D eigenvalue weighted by molar-refractivity contribution is -0.289. The molecule has 10 unspecified atom stereocenters. The first kappa shape index (κ1) is 23.4. The summed E-state index contributed by atoms with van der Waals surface area (Å²) in [7, 11) is 0. The molecule has 1 N–H and O–H groups in total. The van der Waals surface area contributed by atoms with E-state index in [4.69, 9.17) is 0 Å². The van der Waals surface area contributed by atoms with Crippen molar-refractivity contribution in [1.29, 1.82) is 0 Å². The van der Waals surface area contributed by atoms with Gasteiger partial charge in [-0.25, -0.2) is 0 Å². The van der Waals surface area contributed by atoms with Gasteiger partial charge in [-0.3, -0.25) is 4.79 Å². The highest BCUT2D eigenvalue weighted by atomic mass is 16.3. The molecule has 2 nitrogen and oxygen atoms in total. The molecule has 5 fully saturated rings. The Bertz CT molecular complexity index is 816. The molecule has 182 valence electrons. The van der Waals surface area contributed by atoms with Crippen molar-refractivity contribution in [1.82, 2.24) is 0 Å². The number of carbonyl (C=O) groups is 1. The number of hydrogen-bond acceptors (Lipinski definition) is 2. The minimum Gasteiger partial charge on any atom is -0.393 e. The Labute approximate surface area is 197 Å². The maximum atomic E-state index is 12.7. The van der Waals surface area contributed by atoms with E-state index in [1.807, 2.05) is 0 Å². The molecule has 0 aromatic rings. The normalized spacial score (nSPS) is 59.4. The van der Waals surface area contributed by atoms with Crippen LogP contribution in [-0.2, 0) is 4.79 Å². The zero-order valence-electron chi connectivity index (χ0n) is 22.3. The van der Waals surface area contributed by atoms with E-state index in [9.17, 15) is 9.90 Å². The Balaban J connectivity index is 1.59. The Hall–Kier alpha value is -0.370. The van der Waals surface area contributed by atoms with Gasteiger partial charge in [-0.1, -0.05) is 55.4 Å². The topological polar surface area (TPSA) is 37.3 Å². The molecule has 0 heterocycles. The Morgan fingerprint density at radius 1 is 0.750 bits per heavy atom. The molecule has 5 aliphatic rings. The van der Waals surface area contributed by atoms with Gasteiger partial charge in [0.1, 0.15) is 5.78 Å². The number of carbonyl (C=O) groups excluding carboxylic acids is 1. The van der Waals surface area contributed by atoms with Crippen LogP contribution in [0, 0.1) is 56.2 Å². The minimum atomic E-state index is -0.247. The van der Waals surface area contributed by atoms with Crippen molar-refractivity contribution in [2.75, 3.05) is 0 Å². The number of ketones is 1. The summed E-state index contributed by atoms with van der Waals surface area (Å²) in [5, 5.41) is 12.1. The lowest BCUT2D eigenvalue weighted by Crippen LogP contribution is -2.71. The van der Waals surface area contributed by atoms with Gasteiger partial charge in [-0.05, 0) is 103 Å². The summed E-state index contributed by atoms with van der Waals surface area (Å²) in [4.78, 5) is 12.7. The van der Waals surface area contributed by atoms with Crippen LogP contribution in [0.15, 0.2) is 0 Å². The fourth-order valence-electron chi connectivity index (χ4n) is 11.2. The van der Waals surface area contributed by atoms with Crippen LogP contribution in [0.5, 0.6) is 0 Å². The van der Waals surface area contributed by atoms with Gasteiger partial charge in [-0.15, -0.1) is 0 Å². The quantitative estimate of drug-likeness (QED) is 0.423. The van der Waals surface area contributed by atoms with E-state index < -0.39 is 0 Å². The molecule has 0 radical (unpaired) electrons. The van der Waals surface area contributed by atoms with Crippen molar-refractivity contribution in [3.8, 4) is 0 Å². The first-order valence-electron chi connectivity index (χ1n) is 13.8. The first-order chi connectivity index (χ1) is 14.6. The average Bonchev–Trinajstić information content (AvgIpc) is 2.70. The number of fused-ring (bicyclic) bond motifs is 7. The molecule has 0 aliphatic heterocycles. The van der Waals surface area contributed by atoms with Crippen LogP contribution in [0.3, 0.4) is 0 Å². The monoisotopic (exact) mass is 442 g/mol. The van der Waals surface area contributed by atoms with Crippen LogP contribution < -0.4 is 0 Å². The van der Waals surface area contributed by atoms with Gasteiger partial charge in [-0.2, -0.15) is 0 Å². The molecule has 0 bridgehead atoms. The van der Waals surface area contributed by atoms with Crippen molar-refractivity contribution >= 4 is 5.78 Å². The molecule has 5 saturated carbocycles. The maximum absolute atomic E-state index is 12.7. The van der Waals surface area contributed by atoms with Gasteiger partial charge in [0.05, 0.1) is 6.10 Å². The zero-order chi connectivity index (χ0) is 23.5. The van der Waals surface area contributed by atoms with E-state index >= 15 is 0 Å². The van der Waals surface area contributed by atoms with Gasteiger partial charge >= 0.3 is 0 Å². The summed E-state index contributed by atoms with van der Waals surface area (Å²) >= 11 is 0. The van der Waals surface area contributed by atoms with Crippen molar-refractivity contribution in [3.63, 3.8) is 0 Å². The van der Waals surface area contributed by atoms with Crippen molar-refractivity contribution in [2.45, 2.75) is 126 Å². The first-order valence-corrected chi connectivity index (χ1v) is 13.8. The molecule has 0 spiro atoms. The van der Waals surface area contributed by atoms with Crippen molar-refractivity contribution in [3.05, 3.63) is 0 Å².